The van der Waals surface area contributed by atoms with Crippen LogP contribution in [0.5, 0.6) is 0 Å². The van der Waals surface area contributed by atoms with Gasteiger partial charge in [-0.1, -0.05) is 27.7 Å². The van der Waals surface area contributed by atoms with Crippen LogP contribution in [0.4, 0.5) is 0 Å². The minimum atomic E-state index is -3.44. The molecule has 7 nitrogen and oxygen atoms in total. The minimum Gasteiger partial charge on any atom is -0.386 e. The van der Waals surface area contributed by atoms with Gasteiger partial charge in [-0.2, -0.15) is 5.26 Å². The minimum absolute atomic E-state index is 0.00697. The van der Waals surface area contributed by atoms with E-state index in [0.29, 0.717) is 22.5 Å². The molecule has 0 radical (unpaired) electrons. The normalized spacial score (nSPS) is 13.9. The van der Waals surface area contributed by atoms with E-state index in [0.717, 1.165) is 16.9 Å². The van der Waals surface area contributed by atoms with Gasteiger partial charge in [-0.15, -0.1) is 15.7 Å². The smallest absolute Gasteiger partial charge is 0.259 e. The molecule has 0 saturated carbocycles. The zero-order valence-corrected chi connectivity index (χ0v) is 19.7. The highest BCUT2D eigenvalue weighted by molar-refractivity contribution is 7.93. The summed E-state index contributed by atoms with van der Waals surface area (Å²) in [7, 11) is -3.44. The molecule has 0 aliphatic rings. The number of carbonyl (C=O) groups is 1. The number of carbonyl (C=O) groups excluding carboxylic acids is 1. The summed E-state index contributed by atoms with van der Waals surface area (Å²) in [5.41, 5.74) is 1.95. The van der Waals surface area contributed by atoms with Crippen molar-refractivity contribution in [2.24, 2.45) is 9.50 Å². The number of thiophene rings is 1. The molecule has 30 heavy (non-hydrogen) atoms. The van der Waals surface area contributed by atoms with E-state index in [1.807, 2.05) is 27.7 Å². The van der Waals surface area contributed by atoms with Crippen molar-refractivity contribution in [1.82, 2.24) is 4.98 Å². The maximum absolute atomic E-state index is 12.9. The van der Waals surface area contributed by atoms with E-state index >= 15 is 0 Å². The summed E-state index contributed by atoms with van der Waals surface area (Å²) in [4.78, 5) is 17.1. The Hall–Kier alpha value is -2.12. The molecule has 1 unspecified atom stereocenters. The lowest BCUT2D eigenvalue weighted by atomic mass is 9.90. The molecule has 2 aromatic rings. The molecule has 0 saturated heterocycles. The Morgan fingerprint density at radius 1 is 1.33 bits per heavy atom. The molecule has 0 aliphatic carbocycles. The fraction of sp³-hybridized carbons (Fsp3) is 0.476. The van der Waals surface area contributed by atoms with Gasteiger partial charge in [0, 0.05) is 5.69 Å². The first kappa shape index (κ1) is 24.2. The number of nitrogens with zero attached hydrogens (tertiary/aromatic N) is 3. The molecule has 0 spiro atoms. The van der Waals surface area contributed by atoms with E-state index in [1.165, 1.54) is 6.07 Å². The number of amides is 1. The first-order chi connectivity index (χ1) is 13.8. The van der Waals surface area contributed by atoms with Crippen LogP contribution in [-0.2, 0) is 26.7 Å². The number of pyridine rings is 1. The SMILES string of the molecule is CC(C)c1cc(C#N)nc(C(C)C)c1CC(=O)N=S(N)(=O)c1cc(C(C)(C)O)cs1. The van der Waals surface area contributed by atoms with Gasteiger partial charge in [-0.05, 0) is 59.9 Å². The Morgan fingerprint density at radius 2 is 1.97 bits per heavy atom. The summed E-state index contributed by atoms with van der Waals surface area (Å²) in [5, 5.41) is 26.9. The number of aliphatic hydroxyl groups is 1. The van der Waals surface area contributed by atoms with Gasteiger partial charge < -0.3 is 5.11 Å². The molecule has 1 amide bonds. The van der Waals surface area contributed by atoms with Gasteiger partial charge in [-0.3, -0.25) is 4.79 Å². The largest absolute Gasteiger partial charge is 0.386 e. The third-order valence-corrected chi connectivity index (χ3v) is 7.51. The summed E-state index contributed by atoms with van der Waals surface area (Å²) < 4.78 is 17.0. The highest BCUT2D eigenvalue weighted by Crippen LogP contribution is 2.30. The average Bonchev–Trinajstić information content (AvgIpc) is 3.12. The molecular weight excluding hydrogens is 420 g/mol. The van der Waals surface area contributed by atoms with Crippen LogP contribution in [-0.4, -0.2) is 20.2 Å². The van der Waals surface area contributed by atoms with Crippen LogP contribution >= 0.6 is 11.3 Å². The predicted octanol–water partition coefficient (Wildman–Crippen LogP) is 3.96. The third-order valence-electron chi connectivity index (χ3n) is 4.61. The van der Waals surface area contributed by atoms with Gasteiger partial charge in [0.05, 0.1) is 12.0 Å². The fourth-order valence-electron chi connectivity index (χ4n) is 3.02. The van der Waals surface area contributed by atoms with E-state index in [9.17, 15) is 19.4 Å². The molecule has 2 heterocycles. The Kier molecular flexibility index (Phi) is 7.20. The third kappa shape index (κ3) is 5.52. The zero-order valence-electron chi connectivity index (χ0n) is 18.1. The van der Waals surface area contributed by atoms with Crippen molar-refractivity contribution in [3.05, 3.63) is 45.6 Å². The van der Waals surface area contributed by atoms with Crippen molar-refractivity contribution in [1.29, 1.82) is 5.26 Å². The lowest BCUT2D eigenvalue weighted by Crippen LogP contribution is -2.17. The highest BCUT2D eigenvalue weighted by atomic mass is 32.2. The summed E-state index contributed by atoms with van der Waals surface area (Å²) in [6.45, 7) is 11.0. The van der Waals surface area contributed by atoms with Crippen molar-refractivity contribution < 1.29 is 14.1 Å². The van der Waals surface area contributed by atoms with E-state index in [2.05, 4.69) is 15.4 Å². The van der Waals surface area contributed by atoms with E-state index in [1.54, 1.807) is 25.3 Å². The number of nitrogens with two attached hydrogens (primary N) is 1. The van der Waals surface area contributed by atoms with Crippen LogP contribution in [0, 0.1) is 11.3 Å². The van der Waals surface area contributed by atoms with Crippen LogP contribution in [0.25, 0.3) is 0 Å². The highest BCUT2D eigenvalue weighted by Gasteiger charge is 2.23. The quantitative estimate of drug-likeness (QED) is 0.691. The van der Waals surface area contributed by atoms with Crippen LogP contribution < -0.4 is 5.14 Å². The van der Waals surface area contributed by atoms with E-state index in [-0.39, 0.29) is 22.5 Å². The number of aromatic nitrogens is 1. The first-order valence-electron chi connectivity index (χ1n) is 9.59. The van der Waals surface area contributed by atoms with Crippen molar-refractivity contribution in [2.45, 2.75) is 69.6 Å². The van der Waals surface area contributed by atoms with Gasteiger partial charge in [0.15, 0.2) is 9.92 Å². The van der Waals surface area contributed by atoms with Crippen molar-refractivity contribution in [3.8, 4) is 6.07 Å². The molecule has 162 valence electrons. The molecule has 1 atom stereocenters. The summed E-state index contributed by atoms with van der Waals surface area (Å²) in [5.74, 6) is -0.558. The second-order valence-corrected chi connectivity index (χ2v) is 11.3. The number of rotatable bonds is 6. The van der Waals surface area contributed by atoms with Crippen LogP contribution in [0.3, 0.4) is 0 Å². The molecule has 0 fully saturated rings. The van der Waals surface area contributed by atoms with Gasteiger partial charge in [0.1, 0.15) is 16.0 Å². The maximum atomic E-state index is 12.9. The molecule has 0 bridgehead atoms. The standard InChI is InChI=1S/C21H28N4O3S2/c1-12(2)16-8-15(10-22)24-20(13(3)4)17(16)9-18(26)25-30(23,28)19-7-14(11-29-19)21(5,6)27/h7-8,11-13,27H,9H2,1-6H3,(H2,23,25,26,28). The summed E-state index contributed by atoms with van der Waals surface area (Å²) in [6.07, 6.45) is -0.0996. The predicted molar refractivity (Wildman–Crippen MR) is 118 cm³/mol. The number of hydrogen-bond acceptors (Lipinski definition) is 6. The Balaban J connectivity index is 2.48. The molecule has 2 aromatic heterocycles. The molecule has 0 aliphatic heterocycles. The van der Waals surface area contributed by atoms with Gasteiger partial charge in [-0.25, -0.2) is 14.3 Å². The van der Waals surface area contributed by atoms with Crippen molar-refractivity contribution in [3.63, 3.8) is 0 Å². The van der Waals surface area contributed by atoms with Crippen molar-refractivity contribution in [2.75, 3.05) is 0 Å². The number of hydrogen-bond donors (Lipinski definition) is 2. The van der Waals surface area contributed by atoms with Crippen LogP contribution in [0.1, 0.15) is 81.5 Å². The molecule has 3 N–H and O–H groups in total. The Labute approximate surface area is 182 Å². The van der Waals surface area contributed by atoms with E-state index < -0.39 is 21.4 Å². The van der Waals surface area contributed by atoms with Crippen LogP contribution in [0.15, 0.2) is 26.1 Å². The molecule has 9 heteroatoms. The first-order valence-corrected chi connectivity index (χ1v) is 12.0. The maximum Gasteiger partial charge on any atom is 0.259 e. The van der Waals surface area contributed by atoms with Crippen LogP contribution in [0.2, 0.25) is 0 Å². The summed E-state index contributed by atoms with van der Waals surface area (Å²) in [6, 6.07) is 5.28. The van der Waals surface area contributed by atoms with Gasteiger partial charge in [0.25, 0.3) is 5.91 Å². The molecular formula is C21H28N4O3S2. The second kappa shape index (κ2) is 8.94. The fourth-order valence-corrected chi connectivity index (χ4v) is 5.38. The second-order valence-electron chi connectivity index (χ2n) is 8.33. The Bertz CT molecular complexity index is 1080. The summed E-state index contributed by atoms with van der Waals surface area (Å²) >= 11 is 1.10. The van der Waals surface area contributed by atoms with Gasteiger partial charge >= 0.3 is 0 Å². The van der Waals surface area contributed by atoms with Gasteiger partial charge in [0.2, 0.25) is 0 Å². The van der Waals surface area contributed by atoms with Crippen molar-refractivity contribution >= 4 is 27.2 Å². The number of nitriles is 1. The topological polar surface area (TPSA) is 129 Å². The Morgan fingerprint density at radius 3 is 2.43 bits per heavy atom. The average molecular weight is 449 g/mol. The molecule has 0 aromatic carbocycles. The lowest BCUT2D eigenvalue weighted by molar-refractivity contribution is -0.117. The zero-order chi connectivity index (χ0) is 22.9. The van der Waals surface area contributed by atoms with E-state index in [4.69, 9.17) is 5.14 Å². The monoisotopic (exact) mass is 448 g/mol. The lowest BCUT2D eigenvalue weighted by Gasteiger charge is -2.18. The molecule has 2 rings (SSSR count).